The lowest BCUT2D eigenvalue weighted by Gasteiger charge is -2.25. The number of aromatic nitrogens is 5. The fourth-order valence-electron chi connectivity index (χ4n) is 2.97. The molecule has 0 unspecified atom stereocenters. The van der Waals surface area contributed by atoms with Gasteiger partial charge in [-0.25, -0.2) is 0 Å². The van der Waals surface area contributed by atoms with E-state index in [0.29, 0.717) is 29.9 Å². The summed E-state index contributed by atoms with van der Waals surface area (Å²) in [4.78, 5) is 4.35. The number of hydrogen-bond donors (Lipinski definition) is 2. The van der Waals surface area contributed by atoms with Crippen LogP contribution in [-0.4, -0.2) is 44.3 Å². The van der Waals surface area contributed by atoms with Crippen molar-refractivity contribution in [2.75, 3.05) is 18.5 Å². The zero-order valence-corrected chi connectivity index (χ0v) is 14.6. The van der Waals surface area contributed by atoms with Gasteiger partial charge in [-0.3, -0.25) is 14.8 Å². The number of nitrogens with one attached hydrogen (secondary N) is 2. The predicted molar refractivity (Wildman–Crippen MR) is 98.1 cm³/mol. The highest BCUT2D eigenvalue weighted by atomic mass is 35.5. The molecule has 1 fully saturated rings. The van der Waals surface area contributed by atoms with Crippen molar-refractivity contribution in [1.29, 1.82) is 0 Å². The average Bonchev–Trinajstić information content (AvgIpc) is 3.13. The third-order valence-corrected chi connectivity index (χ3v) is 4.64. The SMILES string of the molecule is Cn1nc(OC2COC2)c2c(Cl)cc(Nc3n[nH]c4cccnc34)cc21. The zero-order chi connectivity index (χ0) is 17.7. The highest BCUT2D eigenvalue weighted by Crippen LogP contribution is 2.36. The Hall–Kier alpha value is -2.84. The third-order valence-electron chi connectivity index (χ3n) is 4.34. The van der Waals surface area contributed by atoms with Crippen molar-refractivity contribution in [3.63, 3.8) is 0 Å². The van der Waals surface area contributed by atoms with Crippen molar-refractivity contribution in [2.24, 2.45) is 7.05 Å². The van der Waals surface area contributed by atoms with Gasteiger partial charge in [0.25, 0.3) is 0 Å². The van der Waals surface area contributed by atoms with Gasteiger partial charge in [0.15, 0.2) is 5.82 Å². The van der Waals surface area contributed by atoms with Crippen LogP contribution in [0.2, 0.25) is 5.02 Å². The Bertz CT molecular complexity index is 1120. The van der Waals surface area contributed by atoms with E-state index in [-0.39, 0.29) is 6.10 Å². The molecule has 4 heterocycles. The van der Waals surface area contributed by atoms with Gasteiger partial charge in [0.1, 0.15) is 11.6 Å². The maximum Gasteiger partial charge on any atom is 0.242 e. The molecular formula is C17H15ClN6O2. The highest BCUT2D eigenvalue weighted by Gasteiger charge is 2.24. The van der Waals surface area contributed by atoms with E-state index in [9.17, 15) is 0 Å². The number of ether oxygens (including phenoxy) is 2. The summed E-state index contributed by atoms with van der Waals surface area (Å²) in [6.45, 7) is 1.16. The topological polar surface area (TPSA) is 89.9 Å². The van der Waals surface area contributed by atoms with Crippen LogP contribution in [0.25, 0.3) is 21.9 Å². The standard InChI is InChI=1S/C17H15ClN6O2/c1-24-13-6-9(20-16-15-12(21-22-16)3-2-4-19-15)5-11(18)14(13)17(23-24)26-10-7-25-8-10/h2-6,10H,7-8H2,1H3,(H2,20,21,22). The second-order valence-corrected chi connectivity index (χ2v) is 6.56. The Labute approximate surface area is 153 Å². The maximum absolute atomic E-state index is 6.54. The summed E-state index contributed by atoms with van der Waals surface area (Å²) < 4.78 is 12.8. The first-order valence-electron chi connectivity index (χ1n) is 8.16. The van der Waals surface area contributed by atoms with Crippen molar-refractivity contribution >= 4 is 45.0 Å². The molecular weight excluding hydrogens is 356 g/mol. The Morgan fingerprint density at radius 3 is 3.08 bits per heavy atom. The molecule has 4 aromatic rings. The fourth-order valence-corrected chi connectivity index (χ4v) is 3.27. The molecule has 0 aliphatic carbocycles. The Morgan fingerprint density at radius 1 is 1.38 bits per heavy atom. The Morgan fingerprint density at radius 2 is 2.27 bits per heavy atom. The number of fused-ring (bicyclic) bond motifs is 2. The van der Waals surface area contributed by atoms with E-state index in [2.05, 4.69) is 25.6 Å². The van der Waals surface area contributed by atoms with Crippen LogP contribution in [0, 0.1) is 0 Å². The molecule has 1 aromatic carbocycles. The Balaban J connectivity index is 1.54. The normalized spacial score (nSPS) is 14.7. The molecule has 132 valence electrons. The van der Waals surface area contributed by atoms with E-state index in [1.165, 1.54) is 0 Å². The van der Waals surface area contributed by atoms with Gasteiger partial charge < -0.3 is 14.8 Å². The van der Waals surface area contributed by atoms with E-state index >= 15 is 0 Å². The molecule has 9 heteroatoms. The minimum absolute atomic E-state index is 0.0310. The zero-order valence-electron chi connectivity index (χ0n) is 13.9. The van der Waals surface area contributed by atoms with E-state index in [0.717, 1.165) is 27.6 Å². The van der Waals surface area contributed by atoms with Gasteiger partial charge in [-0.15, -0.1) is 5.10 Å². The number of pyridine rings is 1. The molecule has 2 N–H and O–H groups in total. The summed E-state index contributed by atoms with van der Waals surface area (Å²) in [7, 11) is 1.86. The molecule has 1 aliphatic heterocycles. The summed E-state index contributed by atoms with van der Waals surface area (Å²) in [5.74, 6) is 1.17. The van der Waals surface area contributed by atoms with Gasteiger partial charge in [-0.1, -0.05) is 11.6 Å². The summed E-state index contributed by atoms with van der Waals surface area (Å²) in [5.41, 5.74) is 3.29. The fraction of sp³-hybridized carbons (Fsp3) is 0.235. The summed E-state index contributed by atoms with van der Waals surface area (Å²) in [6.07, 6.45) is 1.76. The number of benzene rings is 1. The van der Waals surface area contributed by atoms with Gasteiger partial charge in [-0.2, -0.15) is 5.10 Å². The van der Waals surface area contributed by atoms with Crippen molar-refractivity contribution in [2.45, 2.75) is 6.10 Å². The van der Waals surface area contributed by atoms with E-state index in [4.69, 9.17) is 21.1 Å². The first-order chi connectivity index (χ1) is 12.7. The van der Waals surface area contributed by atoms with Gasteiger partial charge in [-0.05, 0) is 24.3 Å². The largest absolute Gasteiger partial charge is 0.468 e. The van der Waals surface area contributed by atoms with Gasteiger partial charge >= 0.3 is 0 Å². The van der Waals surface area contributed by atoms with Crippen molar-refractivity contribution in [3.05, 3.63) is 35.5 Å². The van der Waals surface area contributed by atoms with Crippen LogP contribution in [0.3, 0.4) is 0 Å². The number of anilines is 2. The van der Waals surface area contributed by atoms with Crippen molar-refractivity contribution in [3.8, 4) is 5.88 Å². The van der Waals surface area contributed by atoms with Gasteiger partial charge in [0.2, 0.25) is 5.88 Å². The molecule has 1 saturated heterocycles. The number of H-pyrrole nitrogens is 1. The molecule has 3 aromatic heterocycles. The smallest absolute Gasteiger partial charge is 0.242 e. The molecule has 0 radical (unpaired) electrons. The molecule has 26 heavy (non-hydrogen) atoms. The van der Waals surface area contributed by atoms with Gasteiger partial charge in [0.05, 0.1) is 34.7 Å². The number of aromatic amines is 1. The molecule has 8 nitrogen and oxygen atoms in total. The minimum atomic E-state index is 0.0310. The van der Waals surface area contributed by atoms with E-state index in [1.807, 2.05) is 31.3 Å². The van der Waals surface area contributed by atoms with Crippen LogP contribution in [0.1, 0.15) is 0 Å². The minimum Gasteiger partial charge on any atom is -0.468 e. The monoisotopic (exact) mass is 370 g/mol. The van der Waals surface area contributed by atoms with Crippen LogP contribution in [-0.2, 0) is 11.8 Å². The van der Waals surface area contributed by atoms with E-state index < -0.39 is 0 Å². The van der Waals surface area contributed by atoms with Crippen LogP contribution >= 0.6 is 11.6 Å². The number of aryl methyl sites for hydroxylation is 1. The van der Waals surface area contributed by atoms with Crippen molar-refractivity contribution in [1.82, 2.24) is 25.0 Å². The maximum atomic E-state index is 6.54. The summed E-state index contributed by atoms with van der Waals surface area (Å²) in [6, 6.07) is 7.57. The van der Waals surface area contributed by atoms with Gasteiger partial charge in [0, 0.05) is 18.9 Å². The molecule has 0 spiro atoms. The lowest BCUT2D eigenvalue weighted by Crippen LogP contribution is -2.38. The first kappa shape index (κ1) is 15.4. The number of halogens is 1. The quantitative estimate of drug-likeness (QED) is 0.574. The molecule has 0 bridgehead atoms. The molecule has 1 aliphatic rings. The van der Waals surface area contributed by atoms with Crippen LogP contribution in [0.15, 0.2) is 30.5 Å². The second-order valence-electron chi connectivity index (χ2n) is 6.16. The summed E-state index contributed by atoms with van der Waals surface area (Å²) >= 11 is 6.54. The van der Waals surface area contributed by atoms with Crippen LogP contribution < -0.4 is 10.1 Å². The van der Waals surface area contributed by atoms with Crippen molar-refractivity contribution < 1.29 is 9.47 Å². The van der Waals surface area contributed by atoms with Crippen LogP contribution in [0.4, 0.5) is 11.5 Å². The number of hydrogen-bond acceptors (Lipinski definition) is 6. The second kappa shape index (κ2) is 5.86. The highest BCUT2D eigenvalue weighted by molar-refractivity contribution is 6.36. The van der Waals surface area contributed by atoms with Crippen LogP contribution in [0.5, 0.6) is 5.88 Å². The first-order valence-corrected chi connectivity index (χ1v) is 8.53. The molecule has 0 saturated carbocycles. The average molecular weight is 371 g/mol. The molecule has 0 atom stereocenters. The number of rotatable bonds is 4. The Kier molecular flexibility index (Phi) is 3.47. The third kappa shape index (κ3) is 2.46. The molecule has 5 rings (SSSR count). The lowest BCUT2D eigenvalue weighted by molar-refractivity contribution is -0.0809. The number of nitrogens with zero attached hydrogens (tertiary/aromatic N) is 4. The molecule has 0 amide bonds. The lowest BCUT2D eigenvalue weighted by atomic mass is 10.2. The summed E-state index contributed by atoms with van der Waals surface area (Å²) in [5, 5.41) is 16.3. The predicted octanol–water partition coefficient (Wildman–Crippen LogP) is 3.02. The van der Waals surface area contributed by atoms with E-state index in [1.54, 1.807) is 10.9 Å².